The number of hydrogen-bond acceptors (Lipinski definition) is 3. The van der Waals surface area contributed by atoms with Crippen LogP contribution in [0.3, 0.4) is 0 Å². The fourth-order valence-corrected chi connectivity index (χ4v) is 2.89. The Hall–Kier alpha value is -2.07. The summed E-state index contributed by atoms with van der Waals surface area (Å²) in [5.74, 6) is 0. The number of halogens is 1. The number of nitrogen functional groups attached to an aromatic ring is 1. The lowest BCUT2D eigenvalue weighted by atomic mass is 10.1. The van der Waals surface area contributed by atoms with E-state index >= 15 is 0 Å². The second-order valence-electron chi connectivity index (χ2n) is 4.77. The maximum atomic E-state index is 6.00. The van der Waals surface area contributed by atoms with Gasteiger partial charge in [0.2, 0.25) is 0 Å². The van der Waals surface area contributed by atoms with Crippen LogP contribution in [0.4, 0.5) is 17.1 Å². The van der Waals surface area contributed by atoms with E-state index in [4.69, 9.17) is 5.73 Å². The van der Waals surface area contributed by atoms with Crippen molar-refractivity contribution in [2.75, 3.05) is 11.1 Å². The number of pyridine rings is 1. The minimum absolute atomic E-state index is 0.762. The zero-order chi connectivity index (χ0) is 14.1. The van der Waals surface area contributed by atoms with Gasteiger partial charge in [-0.3, -0.25) is 4.98 Å². The fourth-order valence-electron chi connectivity index (χ4n) is 2.29. The Morgan fingerprint density at radius 3 is 2.75 bits per heavy atom. The van der Waals surface area contributed by atoms with E-state index in [1.165, 1.54) is 5.56 Å². The quantitative estimate of drug-likeness (QED) is 0.674. The molecule has 0 unspecified atom stereocenters. The smallest absolute Gasteiger partial charge is 0.0481 e. The SMILES string of the molecule is Cc1cc(Br)cc(Nc2ccc(N)c3ccncc23)c1. The molecule has 100 valence electrons. The van der Waals surface area contributed by atoms with Crippen molar-refractivity contribution in [3.8, 4) is 0 Å². The van der Waals surface area contributed by atoms with Gasteiger partial charge in [0.25, 0.3) is 0 Å². The Kier molecular flexibility index (Phi) is 3.32. The van der Waals surface area contributed by atoms with Gasteiger partial charge in [0, 0.05) is 44.7 Å². The normalized spacial score (nSPS) is 10.7. The molecule has 0 atom stereocenters. The van der Waals surface area contributed by atoms with Gasteiger partial charge in [-0.15, -0.1) is 0 Å². The third-order valence-corrected chi connectivity index (χ3v) is 3.63. The molecule has 0 fully saturated rings. The second-order valence-corrected chi connectivity index (χ2v) is 5.68. The van der Waals surface area contributed by atoms with Gasteiger partial charge in [0.15, 0.2) is 0 Å². The van der Waals surface area contributed by atoms with Crippen molar-refractivity contribution in [3.05, 3.63) is 58.8 Å². The van der Waals surface area contributed by atoms with E-state index in [1.54, 1.807) is 6.20 Å². The standard InChI is InChI=1S/C16H14BrN3/c1-10-6-11(17)8-12(7-10)20-16-3-2-15(18)13-4-5-19-9-14(13)16/h2-9,20H,18H2,1H3. The molecule has 20 heavy (non-hydrogen) atoms. The van der Waals surface area contributed by atoms with Gasteiger partial charge in [0.05, 0.1) is 0 Å². The van der Waals surface area contributed by atoms with Crippen LogP contribution in [0.25, 0.3) is 10.8 Å². The van der Waals surface area contributed by atoms with Crippen molar-refractivity contribution in [1.82, 2.24) is 4.98 Å². The van der Waals surface area contributed by atoms with Crippen molar-refractivity contribution >= 4 is 43.8 Å². The van der Waals surface area contributed by atoms with Crippen LogP contribution in [0.1, 0.15) is 5.56 Å². The van der Waals surface area contributed by atoms with Crippen molar-refractivity contribution in [2.24, 2.45) is 0 Å². The Bertz CT molecular complexity index is 764. The Labute approximate surface area is 126 Å². The molecule has 0 aliphatic heterocycles. The van der Waals surface area contributed by atoms with E-state index in [1.807, 2.05) is 30.5 Å². The summed E-state index contributed by atoms with van der Waals surface area (Å²) in [6.45, 7) is 2.07. The summed E-state index contributed by atoms with van der Waals surface area (Å²) >= 11 is 3.52. The number of aryl methyl sites for hydroxylation is 1. The first-order valence-electron chi connectivity index (χ1n) is 6.30. The van der Waals surface area contributed by atoms with Crippen molar-refractivity contribution in [3.63, 3.8) is 0 Å². The van der Waals surface area contributed by atoms with Crippen LogP contribution in [0, 0.1) is 6.92 Å². The molecular weight excluding hydrogens is 314 g/mol. The molecule has 2 aromatic carbocycles. The van der Waals surface area contributed by atoms with Crippen LogP contribution >= 0.6 is 15.9 Å². The third-order valence-electron chi connectivity index (χ3n) is 3.17. The highest BCUT2D eigenvalue weighted by molar-refractivity contribution is 9.10. The fraction of sp³-hybridized carbons (Fsp3) is 0.0625. The minimum atomic E-state index is 0.762. The lowest BCUT2D eigenvalue weighted by molar-refractivity contribution is 1.36. The number of hydrogen-bond donors (Lipinski definition) is 2. The Morgan fingerprint density at radius 1 is 1.10 bits per heavy atom. The summed E-state index contributed by atoms with van der Waals surface area (Å²) < 4.78 is 1.05. The number of aromatic nitrogens is 1. The first-order chi connectivity index (χ1) is 9.63. The highest BCUT2D eigenvalue weighted by Crippen LogP contribution is 2.30. The lowest BCUT2D eigenvalue weighted by Crippen LogP contribution is -1.95. The van der Waals surface area contributed by atoms with Crippen molar-refractivity contribution < 1.29 is 0 Å². The number of benzene rings is 2. The van der Waals surface area contributed by atoms with E-state index in [2.05, 4.69) is 45.3 Å². The molecule has 3 aromatic rings. The van der Waals surface area contributed by atoms with Gasteiger partial charge in [-0.2, -0.15) is 0 Å². The van der Waals surface area contributed by atoms with E-state index in [-0.39, 0.29) is 0 Å². The average Bonchev–Trinajstić information content (AvgIpc) is 2.41. The van der Waals surface area contributed by atoms with Crippen molar-refractivity contribution in [2.45, 2.75) is 6.92 Å². The van der Waals surface area contributed by atoms with Gasteiger partial charge >= 0.3 is 0 Å². The number of nitrogens with one attached hydrogen (secondary N) is 1. The molecule has 0 aliphatic rings. The molecule has 3 nitrogen and oxygen atoms in total. The van der Waals surface area contributed by atoms with Crippen LogP contribution in [-0.2, 0) is 0 Å². The van der Waals surface area contributed by atoms with E-state index in [9.17, 15) is 0 Å². The van der Waals surface area contributed by atoms with Crippen LogP contribution in [0.5, 0.6) is 0 Å². The molecular formula is C16H14BrN3. The summed E-state index contributed by atoms with van der Waals surface area (Å²) in [5.41, 5.74) is 9.99. The summed E-state index contributed by atoms with van der Waals surface area (Å²) in [6.07, 6.45) is 3.59. The Morgan fingerprint density at radius 2 is 1.95 bits per heavy atom. The summed E-state index contributed by atoms with van der Waals surface area (Å²) in [6, 6.07) is 12.1. The predicted molar refractivity (Wildman–Crippen MR) is 88.3 cm³/mol. The van der Waals surface area contributed by atoms with Gasteiger partial charge in [-0.05, 0) is 48.9 Å². The largest absolute Gasteiger partial charge is 0.398 e. The molecule has 0 amide bonds. The van der Waals surface area contributed by atoms with Crippen LogP contribution in [0.15, 0.2) is 53.3 Å². The second kappa shape index (κ2) is 5.13. The number of rotatable bonds is 2. The van der Waals surface area contributed by atoms with E-state index < -0.39 is 0 Å². The minimum Gasteiger partial charge on any atom is -0.398 e. The summed E-state index contributed by atoms with van der Waals surface area (Å²) in [5, 5.41) is 5.46. The Balaban J connectivity index is 2.09. The molecule has 0 aliphatic carbocycles. The molecule has 3 N–H and O–H groups in total. The number of fused-ring (bicyclic) bond motifs is 1. The third kappa shape index (κ3) is 2.47. The highest BCUT2D eigenvalue weighted by atomic mass is 79.9. The zero-order valence-corrected chi connectivity index (χ0v) is 12.6. The molecule has 0 spiro atoms. The van der Waals surface area contributed by atoms with Crippen LogP contribution in [0.2, 0.25) is 0 Å². The lowest BCUT2D eigenvalue weighted by Gasteiger charge is -2.12. The molecule has 0 saturated carbocycles. The highest BCUT2D eigenvalue weighted by Gasteiger charge is 2.05. The van der Waals surface area contributed by atoms with Crippen LogP contribution < -0.4 is 11.1 Å². The van der Waals surface area contributed by atoms with Gasteiger partial charge in [0.1, 0.15) is 0 Å². The molecule has 4 heteroatoms. The summed E-state index contributed by atoms with van der Waals surface area (Å²) in [7, 11) is 0. The average molecular weight is 328 g/mol. The topological polar surface area (TPSA) is 50.9 Å². The predicted octanol–water partition coefficient (Wildman–Crippen LogP) is 4.63. The van der Waals surface area contributed by atoms with E-state index in [0.717, 1.165) is 32.3 Å². The van der Waals surface area contributed by atoms with Gasteiger partial charge < -0.3 is 11.1 Å². The first kappa shape index (κ1) is 12.9. The number of nitrogens with two attached hydrogens (primary N) is 1. The first-order valence-corrected chi connectivity index (χ1v) is 7.09. The molecule has 0 bridgehead atoms. The zero-order valence-electron chi connectivity index (χ0n) is 11.0. The number of anilines is 3. The van der Waals surface area contributed by atoms with Gasteiger partial charge in [-0.25, -0.2) is 0 Å². The maximum absolute atomic E-state index is 6.00. The monoisotopic (exact) mass is 327 g/mol. The molecule has 0 saturated heterocycles. The molecule has 3 rings (SSSR count). The summed E-state index contributed by atoms with van der Waals surface area (Å²) in [4.78, 5) is 4.19. The number of nitrogens with zero attached hydrogens (tertiary/aromatic N) is 1. The maximum Gasteiger partial charge on any atom is 0.0481 e. The molecule has 0 radical (unpaired) electrons. The van der Waals surface area contributed by atoms with E-state index in [0.29, 0.717) is 0 Å². The molecule has 1 aromatic heterocycles. The van der Waals surface area contributed by atoms with Gasteiger partial charge in [-0.1, -0.05) is 15.9 Å². The van der Waals surface area contributed by atoms with Crippen molar-refractivity contribution in [1.29, 1.82) is 0 Å². The molecule has 1 heterocycles. The van der Waals surface area contributed by atoms with Crippen LogP contribution in [-0.4, -0.2) is 4.98 Å².